The van der Waals surface area contributed by atoms with E-state index in [4.69, 9.17) is 0 Å². The summed E-state index contributed by atoms with van der Waals surface area (Å²) < 4.78 is 2.61. The van der Waals surface area contributed by atoms with E-state index in [1.165, 1.54) is 103 Å². The van der Waals surface area contributed by atoms with Gasteiger partial charge in [-0.1, -0.05) is 236 Å². The fourth-order valence-corrected chi connectivity index (χ4v) is 17.4. The first-order chi connectivity index (χ1) is 31.7. The summed E-state index contributed by atoms with van der Waals surface area (Å²) >= 11 is 1.90. The van der Waals surface area contributed by atoms with Crippen LogP contribution in [0.1, 0.15) is 22.3 Å². The SMILES string of the molecule is c1ccc(-c2cccc([Si](c3ccccc3)(c3cccc(-c4ccccc4)c3)c3ccc4c(c3)-n3c5ccccc5c5cccc(c53)C43c4ccccc4Sc4ccccc43)c2)cc1. The molecule has 300 valence electrons. The highest BCUT2D eigenvalue weighted by Gasteiger charge is 2.50. The minimum atomic E-state index is -3.13. The molecule has 10 aromatic carbocycles. The first-order valence-corrected chi connectivity index (χ1v) is 25.0. The van der Waals surface area contributed by atoms with E-state index in [2.05, 4.69) is 253 Å². The predicted octanol–water partition coefficient (Wildman–Crippen LogP) is 12.7. The summed E-state index contributed by atoms with van der Waals surface area (Å²) in [6.45, 7) is 0. The van der Waals surface area contributed by atoms with Crippen LogP contribution in [-0.4, -0.2) is 12.6 Å². The van der Waals surface area contributed by atoms with Crippen molar-refractivity contribution in [1.82, 2.24) is 4.57 Å². The van der Waals surface area contributed by atoms with Gasteiger partial charge in [0.2, 0.25) is 0 Å². The van der Waals surface area contributed by atoms with Crippen LogP contribution in [0.15, 0.2) is 259 Å². The zero-order valence-corrected chi connectivity index (χ0v) is 36.8. The van der Waals surface area contributed by atoms with E-state index < -0.39 is 13.5 Å². The van der Waals surface area contributed by atoms with Crippen molar-refractivity contribution < 1.29 is 0 Å². The fourth-order valence-electron chi connectivity index (χ4n) is 11.4. The number of hydrogen-bond acceptors (Lipinski definition) is 1. The molecule has 0 bridgehead atoms. The molecule has 11 aromatic rings. The minimum absolute atomic E-state index is 0.548. The maximum absolute atomic E-state index is 3.13. The fraction of sp³-hybridized carbons (Fsp3) is 0.0164. The topological polar surface area (TPSA) is 4.93 Å². The van der Waals surface area contributed by atoms with E-state index in [0.29, 0.717) is 0 Å². The van der Waals surface area contributed by atoms with Crippen molar-refractivity contribution in [3.8, 4) is 27.9 Å². The monoisotopic (exact) mass is 847 g/mol. The lowest BCUT2D eigenvalue weighted by molar-refractivity contribution is 0.690. The van der Waals surface area contributed by atoms with Gasteiger partial charge in [-0.3, -0.25) is 0 Å². The van der Waals surface area contributed by atoms with Crippen molar-refractivity contribution in [3.05, 3.63) is 271 Å². The Morgan fingerprint density at radius 2 is 0.797 bits per heavy atom. The summed E-state index contributed by atoms with van der Waals surface area (Å²) in [6.07, 6.45) is 0. The van der Waals surface area contributed by atoms with Gasteiger partial charge in [-0.15, -0.1) is 0 Å². The van der Waals surface area contributed by atoms with Crippen molar-refractivity contribution in [1.29, 1.82) is 0 Å². The molecule has 3 heteroatoms. The highest BCUT2D eigenvalue weighted by atomic mass is 32.2. The van der Waals surface area contributed by atoms with Gasteiger partial charge < -0.3 is 4.57 Å². The van der Waals surface area contributed by atoms with Gasteiger partial charge in [-0.2, -0.15) is 0 Å². The van der Waals surface area contributed by atoms with Crippen LogP contribution in [0.5, 0.6) is 0 Å². The molecule has 2 aliphatic rings. The molecule has 0 amide bonds. The largest absolute Gasteiger partial charge is 0.309 e. The third kappa shape index (κ3) is 5.26. The second kappa shape index (κ2) is 14.6. The second-order valence-electron chi connectivity index (χ2n) is 17.1. The Morgan fingerprint density at radius 3 is 1.44 bits per heavy atom. The lowest BCUT2D eigenvalue weighted by Crippen LogP contribution is -2.74. The third-order valence-corrected chi connectivity index (χ3v) is 19.9. The molecule has 0 radical (unpaired) electrons. The highest BCUT2D eigenvalue weighted by molar-refractivity contribution is 7.99. The van der Waals surface area contributed by atoms with Crippen LogP contribution in [0.3, 0.4) is 0 Å². The van der Waals surface area contributed by atoms with E-state index >= 15 is 0 Å². The number of hydrogen-bond donors (Lipinski definition) is 0. The molecular formula is C61H41NSSi. The molecule has 64 heavy (non-hydrogen) atoms. The van der Waals surface area contributed by atoms with Crippen LogP contribution in [0, 0.1) is 0 Å². The van der Waals surface area contributed by atoms with Crippen molar-refractivity contribution in [2.45, 2.75) is 15.2 Å². The number of fused-ring (bicyclic) bond motifs is 11. The maximum atomic E-state index is 2.62. The number of benzene rings is 10. The number of nitrogens with zero attached hydrogens (tertiary/aromatic N) is 1. The van der Waals surface area contributed by atoms with Crippen molar-refractivity contribution >= 4 is 62.4 Å². The molecule has 0 unspecified atom stereocenters. The van der Waals surface area contributed by atoms with Crippen LogP contribution in [0.4, 0.5) is 0 Å². The van der Waals surface area contributed by atoms with Crippen LogP contribution in [0.2, 0.25) is 0 Å². The predicted molar refractivity (Wildman–Crippen MR) is 271 cm³/mol. The molecule has 0 atom stereocenters. The summed E-state index contributed by atoms with van der Waals surface area (Å²) in [5.74, 6) is 0. The van der Waals surface area contributed by atoms with Crippen LogP contribution in [-0.2, 0) is 5.41 Å². The second-order valence-corrected chi connectivity index (χ2v) is 22.0. The van der Waals surface area contributed by atoms with E-state index in [9.17, 15) is 0 Å². The maximum Gasteiger partial charge on any atom is 0.179 e. The first kappa shape index (κ1) is 37.2. The quantitative estimate of drug-likeness (QED) is 0.119. The van der Waals surface area contributed by atoms with Gasteiger partial charge in [0, 0.05) is 20.6 Å². The Kier molecular flexibility index (Phi) is 8.46. The smallest absolute Gasteiger partial charge is 0.179 e. The molecule has 2 aliphatic heterocycles. The molecule has 1 aromatic heterocycles. The molecule has 0 aliphatic carbocycles. The summed E-state index contributed by atoms with van der Waals surface area (Å²) in [4.78, 5) is 2.61. The molecule has 1 nitrogen and oxygen atoms in total. The Labute approximate surface area is 379 Å². The molecule has 0 saturated carbocycles. The van der Waals surface area contributed by atoms with Gasteiger partial charge in [0.25, 0.3) is 0 Å². The van der Waals surface area contributed by atoms with Crippen molar-refractivity contribution in [2.75, 3.05) is 0 Å². The number of para-hydroxylation sites is 2. The Bertz CT molecular complexity index is 3460. The third-order valence-electron chi connectivity index (χ3n) is 14.0. The van der Waals surface area contributed by atoms with Gasteiger partial charge in [0.05, 0.1) is 22.1 Å². The lowest BCUT2D eigenvalue weighted by atomic mass is 9.63. The summed E-state index contributed by atoms with van der Waals surface area (Å²) in [5.41, 5.74) is 13.4. The van der Waals surface area contributed by atoms with Gasteiger partial charge in [-0.05, 0) is 89.5 Å². The highest BCUT2D eigenvalue weighted by Crippen LogP contribution is 2.60. The zero-order valence-electron chi connectivity index (χ0n) is 35.0. The molecule has 13 rings (SSSR count). The standard InChI is InChI=1S/C61H41NSSi/c1-4-19-42(20-5-1)44-23-16-27-47(39-44)64(46-25-8-3-9-26-46,48-28-17-24-45(40-48)43-21-6-2-7-22-43)49-37-38-52-57(41-49)62-56-34-13-10-29-50(56)51-30-18-33-55(60(51)62)61(52)53-31-11-14-35-58(53)63-59-36-15-12-32-54(59)61/h1-41H. The summed E-state index contributed by atoms with van der Waals surface area (Å²) in [6, 6.07) is 94.1. The van der Waals surface area contributed by atoms with E-state index in [-0.39, 0.29) is 0 Å². The Morgan fingerprint density at radius 1 is 0.328 bits per heavy atom. The molecule has 3 heterocycles. The Balaban J connectivity index is 1.20. The summed E-state index contributed by atoms with van der Waals surface area (Å²) in [5, 5.41) is 7.96. The molecular weight excluding hydrogens is 807 g/mol. The summed E-state index contributed by atoms with van der Waals surface area (Å²) in [7, 11) is -3.13. The molecule has 1 spiro atoms. The zero-order chi connectivity index (χ0) is 42.2. The molecule has 0 fully saturated rings. The van der Waals surface area contributed by atoms with E-state index in [1.54, 1.807) is 0 Å². The van der Waals surface area contributed by atoms with Crippen molar-refractivity contribution in [3.63, 3.8) is 0 Å². The average molecular weight is 848 g/mol. The Hall–Kier alpha value is -7.43. The number of rotatable bonds is 6. The van der Waals surface area contributed by atoms with E-state index in [0.717, 1.165) is 0 Å². The van der Waals surface area contributed by atoms with Crippen molar-refractivity contribution in [2.24, 2.45) is 0 Å². The minimum Gasteiger partial charge on any atom is -0.309 e. The van der Waals surface area contributed by atoms with Gasteiger partial charge >= 0.3 is 0 Å². The van der Waals surface area contributed by atoms with Gasteiger partial charge in [-0.25, -0.2) is 0 Å². The van der Waals surface area contributed by atoms with Crippen LogP contribution < -0.4 is 20.7 Å². The normalized spacial score (nSPS) is 13.4. The average Bonchev–Trinajstić information content (AvgIpc) is 3.72. The molecule has 0 saturated heterocycles. The number of aromatic nitrogens is 1. The van der Waals surface area contributed by atoms with E-state index in [1.807, 2.05) is 11.8 Å². The van der Waals surface area contributed by atoms with Gasteiger partial charge in [0.1, 0.15) is 0 Å². The first-order valence-electron chi connectivity index (χ1n) is 22.2. The van der Waals surface area contributed by atoms with Crippen LogP contribution >= 0.6 is 11.8 Å². The van der Waals surface area contributed by atoms with Gasteiger partial charge in [0.15, 0.2) is 8.07 Å². The molecule has 0 N–H and O–H groups in total. The lowest BCUT2D eigenvalue weighted by Gasteiger charge is -2.46. The van der Waals surface area contributed by atoms with Crippen LogP contribution in [0.25, 0.3) is 49.7 Å².